The van der Waals surface area contributed by atoms with Gasteiger partial charge in [0.05, 0.1) is 25.0 Å². The summed E-state index contributed by atoms with van der Waals surface area (Å²) in [6.45, 7) is 0. The van der Waals surface area contributed by atoms with Crippen molar-refractivity contribution in [3.05, 3.63) is 48.3 Å². The van der Waals surface area contributed by atoms with Crippen molar-refractivity contribution >= 4 is 28.5 Å². The topological polar surface area (TPSA) is 61.3 Å². The van der Waals surface area contributed by atoms with E-state index in [0.29, 0.717) is 5.75 Å². The van der Waals surface area contributed by atoms with Gasteiger partial charge in [-0.25, -0.2) is 4.79 Å². The molecule has 1 aromatic heterocycles. The van der Waals surface area contributed by atoms with Gasteiger partial charge in [0.25, 0.3) is 0 Å². The lowest BCUT2D eigenvalue weighted by Crippen LogP contribution is -2.08. The molecule has 0 radical (unpaired) electrons. The predicted octanol–water partition coefficient (Wildman–Crippen LogP) is 2.92. The van der Waals surface area contributed by atoms with Gasteiger partial charge in [0.1, 0.15) is 11.5 Å². The molecule has 0 aliphatic carbocycles. The number of nitrogens with zero attached hydrogens (tertiary/aromatic N) is 2. The monoisotopic (exact) mass is 286 g/mol. The summed E-state index contributed by atoms with van der Waals surface area (Å²) in [5.41, 5.74) is 0.209. The maximum Gasteiger partial charge on any atom is 0.365 e. The molecule has 0 fully saturated rings. The van der Waals surface area contributed by atoms with Crippen LogP contribution >= 0.6 is 11.7 Å². The molecular formula is C14H10N2O3S. The normalized spacial score (nSPS) is 10.4. The van der Waals surface area contributed by atoms with E-state index in [-0.39, 0.29) is 5.69 Å². The Bertz CT molecular complexity index is 756. The molecule has 0 spiro atoms. The second kappa shape index (κ2) is 5.26. The molecule has 0 unspecified atom stereocenters. The van der Waals surface area contributed by atoms with Crippen LogP contribution in [0.15, 0.2) is 42.6 Å². The van der Waals surface area contributed by atoms with Crippen molar-refractivity contribution in [2.24, 2.45) is 0 Å². The van der Waals surface area contributed by atoms with Crippen molar-refractivity contribution < 1.29 is 14.3 Å². The van der Waals surface area contributed by atoms with Crippen molar-refractivity contribution in [2.75, 3.05) is 7.11 Å². The first-order valence-corrected chi connectivity index (χ1v) is 6.57. The van der Waals surface area contributed by atoms with E-state index in [0.717, 1.165) is 28.3 Å². The highest BCUT2D eigenvalue weighted by molar-refractivity contribution is 6.99. The highest BCUT2D eigenvalue weighted by Gasteiger charge is 2.11. The maximum atomic E-state index is 11.8. The zero-order valence-corrected chi connectivity index (χ0v) is 11.4. The Labute approximate surface area is 119 Å². The van der Waals surface area contributed by atoms with Gasteiger partial charge in [0.15, 0.2) is 5.69 Å². The molecule has 100 valence electrons. The van der Waals surface area contributed by atoms with E-state index in [2.05, 4.69) is 8.75 Å². The van der Waals surface area contributed by atoms with E-state index in [4.69, 9.17) is 9.47 Å². The minimum absolute atomic E-state index is 0.209. The molecule has 20 heavy (non-hydrogen) atoms. The van der Waals surface area contributed by atoms with Gasteiger partial charge < -0.3 is 9.47 Å². The smallest absolute Gasteiger partial charge is 0.365 e. The fourth-order valence-corrected chi connectivity index (χ4v) is 2.21. The number of carbonyl (C=O) groups is 1. The Kier molecular flexibility index (Phi) is 3.30. The first-order valence-electron chi connectivity index (χ1n) is 5.84. The fourth-order valence-electron chi connectivity index (χ4n) is 1.81. The Morgan fingerprint density at radius 3 is 2.55 bits per heavy atom. The van der Waals surface area contributed by atoms with Crippen LogP contribution < -0.4 is 9.47 Å². The van der Waals surface area contributed by atoms with E-state index in [1.807, 2.05) is 24.3 Å². The summed E-state index contributed by atoms with van der Waals surface area (Å²) in [6.07, 6.45) is 1.39. The fraction of sp³-hybridized carbons (Fsp3) is 0.0714. The molecule has 5 nitrogen and oxygen atoms in total. The number of benzene rings is 2. The van der Waals surface area contributed by atoms with Crippen molar-refractivity contribution in [1.82, 2.24) is 8.75 Å². The van der Waals surface area contributed by atoms with E-state index < -0.39 is 5.97 Å². The Hall–Kier alpha value is -2.47. The summed E-state index contributed by atoms with van der Waals surface area (Å²) >= 11 is 0.969. The zero-order valence-electron chi connectivity index (χ0n) is 10.6. The molecule has 1 heterocycles. The number of esters is 1. The number of carbonyl (C=O) groups excluding carboxylic acids is 1. The molecule has 3 aromatic rings. The van der Waals surface area contributed by atoms with Crippen molar-refractivity contribution in [3.8, 4) is 11.5 Å². The quantitative estimate of drug-likeness (QED) is 0.547. The van der Waals surface area contributed by atoms with E-state index in [1.54, 1.807) is 19.2 Å². The van der Waals surface area contributed by atoms with Crippen molar-refractivity contribution in [3.63, 3.8) is 0 Å². The summed E-state index contributed by atoms with van der Waals surface area (Å²) in [7, 11) is 1.61. The SMILES string of the molecule is COc1ccc2ccc(OC(=O)c3cnsn3)cc2c1. The highest BCUT2D eigenvalue weighted by Crippen LogP contribution is 2.25. The highest BCUT2D eigenvalue weighted by atomic mass is 32.1. The largest absolute Gasteiger partial charge is 0.497 e. The average Bonchev–Trinajstić information content (AvgIpc) is 3.00. The zero-order chi connectivity index (χ0) is 13.9. The number of methoxy groups -OCH3 is 1. The molecule has 0 N–H and O–H groups in total. The standard InChI is InChI=1S/C14H10N2O3S/c1-18-11-4-2-9-3-5-12(7-10(9)6-11)19-14(17)13-8-15-20-16-13/h2-8H,1H3. The first-order chi connectivity index (χ1) is 9.76. The Morgan fingerprint density at radius 2 is 1.85 bits per heavy atom. The van der Waals surface area contributed by atoms with Crippen LogP contribution in [0.5, 0.6) is 11.5 Å². The molecular weight excluding hydrogens is 276 g/mol. The molecule has 0 saturated carbocycles. The van der Waals surface area contributed by atoms with Crippen LogP contribution in [-0.2, 0) is 0 Å². The van der Waals surface area contributed by atoms with Gasteiger partial charge in [-0.15, -0.1) is 0 Å². The van der Waals surface area contributed by atoms with Crippen LogP contribution in [0.2, 0.25) is 0 Å². The van der Waals surface area contributed by atoms with Gasteiger partial charge in [-0.05, 0) is 35.0 Å². The molecule has 0 amide bonds. The van der Waals surface area contributed by atoms with Gasteiger partial charge in [-0.3, -0.25) is 0 Å². The van der Waals surface area contributed by atoms with Gasteiger partial charge in [0, 0.05) is 0 Å². The van der Waals surface area contributed by atoms with Gasteiger partial charge in [0.2, 0.25) is 0 Å². The third kappa shape index (κ3) is 2.46. The number of aromatic nitrogens is 2. The van der Waals surface area contributed by atoms with Crippen LogP contribution in [-0.4, -0.2) is 21.8 Å². The molecule has 2 aromatic carbocycles. The van der Waals surface area contributed by atoms with E-state index in [1.165, 1.54) is 6.20 Å². The Balaban J connectivity index is 1.90. The number of hydrogen-bond donors (Lipinski definition) is 0. The third-order valence-electron chi connectivity index (χ3n) is 2.80. The Morgan fingerprint density at radius 1 is 1.10 bits per heavy atom. The molecule has 0 aliphatic rings. The summed E-state index contributed by atoms with van der Waals surface area (Å²) in [6, 6.07) is 11.1. The maximum absolute atomic E-state index is 11.8. The number of hydrogen-bond acceptors (Lipinski definition) is 6. The summed E-state index contributed by atoms with van der Waals surface area (Å²) in [5.74, 6) is 0.703. The minimum atomic E-state index is -0.513. The average molecular weight is 286 g/mol. The minimum Gasteiger partial charge on any atom is -0.497 e. The molecule has 6 heteroatoms. The number of rotatable bonds is 3. The van der Waals surface area contributed by atoms with Crippen LogP contribution in [0, 0.1) is 0 Å². The molecule has 0 bridgehead atoms. The second-order valence-corrected chi connectivity index (χ2v) is 4.61. The number of ether oxygens (including phenoxy) is 2. The number of fused-ring (bicyclic) bond motifs is 1. The van der Waals surface area contributed by atoms with Gasteiger partial charge in [-0.2, -0.15) is 8.75 Å². The van der Waals surface area contributed by atoms with Crippen molar-refractivity contribution in [1.29, 1.82) is 0 Å². The van der Waals surface area contributed by atoms with Crippen LogP contribution in [0.3, 0.4) is 0 Å². The first kappa shape index (κ1) is 12.6. The second-order valence-electron chi connectivity index (χ2n) is 4.06. The molecule has 0 atom stereocenters. The lowest BCUT2D eigenvalue weighted by atomic mass is 10.1. The predicted molar refractivity (Wildman–Crippen MR) is 75.4 cm³/mol. The molecule has 0 saturated heterocycles. The van der Waals surface area contributed by atoms with Gasteiger partial charge >= 0.3 is 5.97 Å². The van der Waals surface area contributed by atoms with Crippen molar-refractivity contribution in [2.45, 2.75) is 0 Å². The van der Waals surface area contributed by atoms with E-state index >= 15 is 0 Å². The summed E-state index contributed by atoms with van der Waals surface area (Å²) < 4.78 is 18.1. The summed E-state index contributed by atoms with van der Waals surface area (Å²) in [4.78, 5) is 11.8. The van der Waals surface area contributed by atoms with E-state index in [9.17, 15) is 4.79 Å². The van der Waals surface area contributed by atoms with Crippen LogP contribution in [0.4, 0.5) is 0 Å². The molecule has 3 rings (SSSR count). The third-order valence-corrected chi connectivity index (χ3v) is 3.28. The lowest BCUT2D eigenvalue weighted by Gasteiger charge is -2.05. The lowest BCUT2D eigenvalue weighted by molar-refractivity contribution is 0.0730. The van der Waals surface area contributed by atoms with Crippen LogP contribution in [0.1, 0.15) is 10.5 Å². The molecule has 0 aliphatic heterocycles. The van der Waals surface area contributed by atoms with Crippen LogP contribution in [0.25, 0.3) is 10.8 Å². The van der Waals surface area contributed by atoms with Gasteiger partial charge in [-0.1, -0.05) is 12.1 Å². The summed E-state index contributed by atoms with van der Waals surface area (Å²) in [5, 5.41) is 1.98.